The first-order valence-corrected chi connectivity index (χ1v) is 7.23. The smallest absolute Gasteiger partial charge is 0.220 e. The summed E-state index contributed by atoms with van der Waals surface area (Å²) in [5.74, 6) is 1.35. The van der Waals surface area contributed by atoms with Crippen LogP contribution in [0.3, 0.4) is 0 Å². The fourth-order valence-corrected chi connectivity index (χ4v) is 2.20. The Bertz CT molecular complexity index is 452. The standard InChI is InChI=1S/C14H21BrN2O3/c1-16-6-4-5-14(18)17-9-10-7-12(19-2)13(20-3)8-11(10)15/h7-8,16H,4-6,9H2,1-3H3,(H,17,18). The first-order chi connectivity index (χ1) is 9.62. The van der Waals surface area contributed by atoms with E-state index in [2.05, 4.69) is 26.6 Å². The monoisotopic (exact) mass is 344 g/mol. The van der Waals surface area contributed by atoms with Gasteiger partial charge in [0.1, 0.15) is 0 Å². The van der Waals surface area contributed by atoms with Gasteiger partial charge in [-0.2, -0.15) is 0 Å². The van der Waals surface area contributed by atoms with Crippen molar-refractivity contribution < 1.29 is 14.3 Å². The van der Waals surface area contributed by atoms with Gasteiger partial charge in [0, 0.05) is 17.4 Å². The Balaban J connectivity index is 2.61. The Morgan fingerprint density at radius 2 is 1.90 bits per heavy atom. The molecule has 0 aliphatic carbocycles. The summed E-state index contributed by atoms with van der Waals surface area (Å²) in [5.41, 5.74) is 0.949. The molecule has 0 saturated carbocycles. The van der Waals surface area contributed by atoms with Crippen LogP contribution in [-0.2, 0) is 11.3 Å². The number of benzene rings is 1. The van der Waals surface area contributed by atoms with Gasteiger partial charge in [-0.15, -0.1) is 0 Å². The summed E-state index contributed by atoms with van der Waals surface area (Å²) >= 11 is 3.47. The molecule has 0 aliphatic rings. The van der Waals surface area contributed by atoms with Crippen molar-refractivity contribution >= 4 is 21.8 Å². The van der Waals surface area contributed by atoms with Crippen molar-refractivity contribution in [1.29, 1.82) is 0 Å². The van der Waals surface area contributed by atoms with Crippen molar-refractivity contribution in [1.82, 2.24) is 10.6 Å². The molecule has 5 nitrogen and oxygen atoms in total. The van der Waals surface area contributed by atoms with E-state index in [1.54, 1.807) is 14.2 Å². The fourth-order valence-electron chi connectivity index (χ4n) is 1.74. The highest BCUT2D eigenvalue weighted by Gasteiger charge is 2.10. The van der Waals surface area contributed by atoms with Crippen molar-refractivity contribution in [3.63, 3.8) is 0 Å². The quantitative estimate of drug-likeness (QED) is 0.709. The van der Waals surface area contributed by atoms with Gasteiger partial charge in [-0.3, -0.25) is 4.79 Å². The molecule has 0 aromatic heterocycles. The van der Waals surface area contributed by atoms with Gasteiger partial charge in [0.2, 0.25) is 5.91 Å². The number of hydrogen-bond donors (Lipinski definition) is 2. The average molecular weight is 345 g/mol. The molecule has 0 bridgehead atoms. The van der Waals surface area contributed by atoms with E-state index >= 15 is 0 Å². The molecule has 112 valence electrons. The molecule has 6 heteroatoms. The van der Waals surface area contributed by atoms with E-state index in [-0.39, 0.29) is 5.91 Å². The maximum absolute atomic E-state index is 11.7. The van der Waals surface area contributed by atoms with Gasteiger partial charge < -0.3 is 20.1 Å². The molecule has 0 atom stereocenters. The summed E-state index contributed by atoms with van der Waals surface area (Å²) in [4.78, 5) is 11.7. The molecule has 1 aromatic rings. The van der Waals surface area contributed by atoms with E-state index in [0.717, 1.165) is 23.0 Å². The molecule has 1 rings (SSSR count). The van der Waals surface area contributed by atoms with Crippen LogP contribution in [0.4, 0.5) is 0 Å². The Labute approximate surface area is 128 Å². The highest BCUT2D eigenvalue weighted by Crippen LogP contribution is 2.33. The molecule has 0 saturated heterocycles. The van der Waals surface area contributed by atoms with Crippen LogP contribution < -0.4 is 20.1 Å². The van der Waals surface area contributed by atoms with E-state index < -0.39 is 0 Å². The molecule has 0 fully saturated rings. The Kier molecular flexibility index (Phi) is 7.40. The Hall–Kier alpha value is -1.27. The summed E-state index contributed by atoms with van der Waals surface area (Å²) in [6, 6.07) is 3.69. The molecule has 20 heavy (non-hydrogen) atoms. The summed E-state index contributed by atoms with van der Waals surface area (Å²) in [6.07, 6.45) is 1.35. The van der Waals surface area contributed by atoms with Crippen LogP contribution in [0.2, 0.25) is 0 Å². The highest BCUT2D eigenvalue weighted by atomic mass is 79.9. The number of carbonyl (C=O) groups excluding carboxylic acids is 1. The minimum Gasteiger partial charge on any atom is -0.493 e. The van der Waals surface area contributed by atoms with E-state index in [9.17, 15) is 4.79 Å². The number of amides is 1. The van der Waals surface area contributed by atoms with E-state index in [1.807, 2.05) is 19.2 Å². The molecule has 0 aliphatic heterocycles. The first-order valence-electron chi connectivity index (χ1n) is 6.44. The van der Waals surface area contributed by atoms with Crippen LogP contribution in [0, 0.1) is 0 Å². The lowest BCUT2D eigenvalue weighted by molar-refractivity contribution is -0.121. The van der Waals surface area contributed by atoms with Crippen molar-refractivity contribution in [3.05, 3.63) is 22.2 Å². The molecular formula is C14H21BrN2O3. The second-order valence-electron chi connectivity index (χ2n) is 4.28. The van der Waals surface area contributed by atoms with Gasteiger partial charge in [-0.05, 0) is 37.7 Å². The second kappa shape index (κ2) is 8.81. The lowest BCUT2D eigenvalue weighted by atomic mass is 10.2. The van der Waals surface area contributed by atoms with Crippen LogP contribution in [-0.4, -0.2) is 33.7 Å². The van der Waals surface area contributed by atoms with Crippen LogP contribution in [0.1, 0.15) is 18.4 Å². The fraction of sp³-hybridized carbons (Fsp3) is 0.500. The van der Waals surface area contributed by atoms with Crippen LogP contribution in [0.5, 0.6) is 11.5 Å². The van der Waals surface area contributed by atoms with E-state index in [0.29, 0.717) is 24.5 Å². The normalized spacial score (nSPS) is 10.2. The molecule has 0 unspecified atom stereocenters. The zero-order valence-electron chi connectivity index (χ0n) is 12.1. The van der Waals surface area contributed by atoms with E-state index in [1.165, 1.54) is 0 Å². The number of nitrogens with one attached hydrogen (secondary N) is 2. The minimum absolute atomic E-state index is 0.0435. The summed E-state index contributed by atoms with van der Waals surface area (Å²) < 4.78 is 11.3. The maximum Gasteiger partial charge on any atom is 0.220 e. The number of halogens is 1. The summed E-state index contributed by atoms with van der Waals surface area (Å²) in [5, 5.41) is 5.91. The number of rotatable bonds is 8. The predicted octanol–water partition coefficient (Wildman–Crippen LogP) is 2.08. The minimum atomic E-state index is 0.0435. The molecule has 0 spiro atoms. The van der Waals surface area contributed by atoms with Crippen molar-refractivity contribution in [3.8, 4) is 11.5 Å². The van der Waals surface area contributed by atoms with Crippen molar-refractivity contribution in [2.75, 3.05) is 27.8 Å². The predicted molar refractivity (Wildman–Crippen MR) is 82.3 cm³/mol. The highest BCUT2D eigenvalue weighted by molar-refractivity contribution is 9.10. The number of ether oxygens (including phenoxy) is 2. The van der Waals surface area contributed by atoms with Gasteiger partial charge >= 0.3 is 0 Å². The van der Waals surface area contributed by atoms with Crippen LogP contribution in [0.25, 0.3) is 0 Å². The zero-order valence-corrected chi connectivity index (χ0v) is 13.7. The third kappa shape index (κ3) is 5.02. The molecule has 1 aromatic carbocycles. The number of methoxy groups -OCH3 is 2. The topological polar surface area (TPSA) is 59.6 Å². The van der Waals surface area contributed by atoms with Gasteiger partial charge in [-0.1, -0.05) is 15.9 Å². The van der Waals surface area contributed by atoms with Gasteiger partial charge in [0.05, 0.1) is 14.2 Å². The van der Waals surface area contributed by atoms with Gasteiger partial charge in [0.15, 0.2) is 11.5 Å². The molecule has 2 N–H and O–H groups in total. The first kappa shape index (κ1) is 16.8. The van der Waals surface area contributed by atoms with Crippen molar-refractivity contribution in [2.45, 2.75) is 19.4 Å². The molecular weight excluding hydrogens is 324 g/mol. The van der Waals surface area contributed by atoms with Crippen molar-refractivity contribution in [2.24, 2.45) is 0 Å². The third-order valence-electron chi connectivity index (χ3n) is 2.86. The Morgan fingerprint density at radius 1 is 1.25 bits per heavy atom. The summed E-state index contributed by atoms with van der Waals surface area (Å²) in [7, 11) is 5.05. The lowest BCUT2D eigenvalue weighted by Crippen LogP contribution is -2.23. The maximum atomic E-state index is 11.7. The lowest BCUT2D eigenvalue weighted by Gasteiger charge is -2.12. The molecule has 0 radical (unpaired) electrons. The molecule has 1 amide bonds. The number of hydrogen-bond acceptors (Lipinski definition) is 4. The Morgan fingerprint density at radius 3 is 2.50 bits per heavy atom. The van der Waals surface area contributed by atoms with Crippen LogP contribution in [0.15, 0.2) is 16.6 Å². The van der Waals surface area contributed by atoms with Gasteiger partial charge in [0.25, 0.3) is 0 Å². The largest absolute Gasteiger partial charge is 0.493 e. The SMILES string of the molecule is CNCCCC(=O)NCc1cc(OC)c(OC)cc1Br. The van der Waals surface area contributed by atoms with Crippen LogP contribution >= 0.6 is 15.9 Å². The summed E-state index contributed by atoms with van der Waals surface area (Å²) in [6.45, 7) is 1.30. The zero-order chi connectivity index (χ0) is 15.0. The molecule has 0 heterocycles. The third-order valence-corrected chi connectivity index (χ3v) is 3.60. The average Bonchev–Trinajstić information content (AvgIpc) is 2.45. The van der Waals surface area contributed by atoms with Gasteiger partial charge in [-0.25, -0.2) is 0 Å². The second-order valence-corrected chi connectivity index (χ2v) is 5.14. The van der Waals surface area contributed by atoms with E-state index in [4.69, 9.17) is 9.47 Å². The number of carbonyl (C=O) groups is 1.